The molecule has 0 fully saturated rings. The lowest BCUT2D eigenvalue weighted by Gasteiger charge is -2.13. The molecular weight excluding hydrogens is 316 g/mol. The van der Waals surface area contributed by atoms with Crippen LogP contribution in [0.5, 0.6) is 0 Å². The number of ether oxygens (including phenoxy) is 1. The van der Waals surface area contributed by atoms with E-state index in [1.165, 1.54) is 25.1 Å². The van der Waals surface area contributed by atoms with Gasteiger partial charge in [-0.05, 0) is 25.1 Å². The molecule has 0 aliphatic heterocycles. The van der Waals surface area contributed by atoms with Gasteiger partial charge < -0.3 is 10.5 Å². The Hall–Kier alpha value is -1.75. The maximum absolute atomic E-state index is 12.0. The monoisotopic (exact) mass is 330 g/mol. The number of rotatable bonds is 4. The Labute approximate surface area is 128 Å². The van der Waals surface area contributed by atoms with Crippen molar-refractivity contribution in [2.24, 2.45) is 5.73 Å². The van der Waals surface area contributed by atoms with E-state index in [0.29, 0.717) is 10.6 Å². The normalized spacial score (nSPS) is 12.0. The Kier molecular flexibility index (Phi) is 6.03. The molecule has 3 N–H and O–H groups in total. The van der Waals surface area contributed by atoms with E-state index in [4.69, 9.17) is 17.3 Å². The summed E-state index contributed by atoms with van der Waals surface area (Å²) in [5.41, 5.74) is 5.96. The van der Waals surface area contributed by atoms with Gasteiger partial charge >= 0.3 is 5.97 Å². The summed E-state index contributed by atoms with van der Waals surface area (Å²) < 4.78 is 30.7. The molecule has 0 bridgehead atoms. The van der Waals surface area contributed by atoms with Crippen molar-refractivity contribution in [2.45, 2.75) is 12.2 Å². The predicted molar refractivity (Wildman–Crippen MR) is 81.4 cm³/mol. The molecule has 0 heterocycles. The fourth-order valence-electron chi connectivity index (χ4n) is 1.38. The molecule has 1 atom stereocenters. The smallest absolute Gasteiger partial charge is 0.325 e. The molecule has 0 aliphatic carbocycles. The van der Waals surface area contributed by atoms with E-state index < -0.39 is 21.2 Å². The van der Waals surface area contributed by atoms with Gasteiger partial charge in [0.25, 0.3) is 0 Å². The van der Waals surface area contributed by atoms with E-state index >= 15 is 0 Å². The molecule has 0 spiro atoms. The highest BCUT2D eigenvalue weighted by Crippen LogP contribution is 2.21. The first-order valence-corrected chi connectivity index (χ1v) is 7.82. The number of benzene rings is 1. The molecule has 1 unspecified atom stereocenters. The van der Waals surface area contributed by atoms with Crippen molar-refractivity contribution in [1.29, 1.82) is 0 Å². The Morgan fingerprint density at radius 1 is 1.52 bits per heavy atom. The molecule has 0 saturated heterocycles. The molecule has 114 valence electrons. The van der Waals surface area contributed by atoms with Crippen molar-refractivity contribution in [2.75, 3.05) is 18.4 Å². The van der Waals surface area contributed by atoms with Crippen LogP contribution in [0.2, 0.25) is 5.02 Å². The summed E-state index contributed by atoms with van der Waals surface area (Å²) in [6, 6.07) is 4.44. The van der Waals surface area contributed by atoms with E-state index in [1.807, 2.05) is 0 Å². The molecule has 0 radical (unpaired) electrons. The number of methoxy groups -OCH3 is 1. The summed E-state index contributed by atoms with van der Waals surface area (Å²) in [6.07, 6.45) is 0. The van der Waals surface area contributed by atoms with E-state index in [9.17, 15) is 13.2 Å². The van der Waals surface area contributed by atoms with Gasteiger partial charge in [0.15, 0.2) is 5.25 Å². The standard InChI is InChI=1S/C13H15ClN2O4S/c1-9(13(17)20-2)21(18,19)16-11-5-6-12(14)10(8-11)4-3-7-15/h5-6,8-9,16H,7,15H2,1-2H3. The van der Waals surface area contributed by atoms with Crippen LogP contribution in [0.15, 0.2) is 18.2 Å². The molecule has 1 aromatic carbocycles. The van der Waals surface area contributed by atoms with Crippen LogP contribution in [-0.2, 0) is 19.6 Å². The topological polar surface area (TPSA) is 98.5 Å². The second-order valence-electron chi connectivity index (χ2n) is 4.01. The van der Waals surface area contributed by atoms with Gasteiger partial charge in [-0.3, -0.25) is 9.52 Å². The Balaban J connectivity index is 3.06. The third-order valence-electron chi connectivity index (χ3n) is 2.55. The Morgan fingerprint density at radius 2 is 2.19 bits per heavy atom. The van der Waals surface area contributed by atoms with Crippen molar-refractivity contribution < 1.29 is 17.9 Å². The number of sulfonamides is 1. The van der Waals surface area contributed by atoms with Gasteiger partial charge in [0, 0.05) is 11.3 Å². The lowest BCUT2D eigenvalue weighted by molar-refractivity contribution is -0.139. The van der Waals surface area contributed by atoms with E-state index in [1.54, 1.807) is 0 Å². The third-order valence-corrected chi connectivity index (χ3v) is 4.52. The van der Waals surface area contributed by atoms with E-state index in [2.05, 4.69) is 21.3 Å². The maximum atomic E-state index is 12.0. The first-order valence-electron chi connectivity index (χ1n) is 5.89. The molecule has 0 aliphatic rings. The lowest BCUT2D eigenvalue weighted by Crippen LogP contribution is -2.33. The quantitative estimate of drug-likeness (QED) is 0.632. The van der Waals surface area contributed by atoms with Crippen LogP contribution in [0, 0.1) is 11.8 Å². The summed E-state index contributed by atoms with van der Waals surface area (Å²) >= 11 is 5.94. The summed E-state index contributed by atoms with van der Waals surface area (Å²) in [5, 5.41) is -0.961. The zero-order valence-corrected chi connectivity index (χ0v) is 13.1. The minimum absolute atomic E-state index is 0.158. The summed E-state index contributed by atoms with van der Waals surface area (Å²) in [7, 11) is -2.79. The highest BCUT2D eigenvalue weighted by Gasteiger charge is 2.28. The van der Waals surface area contributed by atoms with Crippen LogP contribution in [0.1, 0.15) is 12.5 Å². The van der Waals surface area contributed by atoms with Crippen molar-refractivity contribution in [3.05, 3.63) is 28.8 Å². The molecule has 8 heteroatoms. The van der Waals surface area contributed by atoms with Crippen LogP contribution in [0.3, 0.4) is 0 Å². The fraction of sp³-hybridized carbons (Fsp3) is 0.308. The summed E-state index contributed by atoms with van der Waals surface area (Å²) in [6.45, 7) is 1.39. The SMILES string of the molecule is COC(=O)C(C)S(=O)(=O)Nc1ccc(Cl)c(C#CCN)c1. The summed E-state index contributed by atoms with van der Waals surface area (Å²) in [5.74, 6) is 4.51. The van der Waals surface area contributed by atoms with Gasteiger partial charge in [-0.15, -0.1) is 0 Å². The zero-order valence-electron chi connectivity index (χ0n) is 11.5. The number of anilines is 1. The van der Waals surface area contributed by atoms with Crippen LogP contribution in [0.25, 0.3) is 0 Å². The van der Waals surface area contributed by atoms with Gasteiger partial charge in [0.1, 0.15) is 0 Å². The Morgan fingerprint density at radius 3 is 2.76 bits per heavy atom. The molecule has 6 nitrogen and oxygen atoms in total. The number of halogens is 1. The number of hydrogen-bond acceptors (Lipinski definition) is 5. The maximum Gasteiger partial charge on any atom is 0.325 e. The molecular formula is C13H15ClN2O4S. The number of esters is 1. The summed E-state index contributed by atoms with van der Waals surface area (Å²) in [4.78, 5) is 11.3. The van der Waals surface area contributed by atoms with E-state index in [-0.39, 0.29) is 12.2 Å². The number of nitrogens with one attached hydrogen (secondary N) is 1. The van der Waals surface area contributed by atoms with Crippen LogP contribution < -0.4 is 10.5 Å². The molecule has 0 aromatic heterocycles. The van der Waals surface area contributed by atoms with Crippen molar-refractivity contribution in [3.63, 3.8) is 0 Å². The molecule has 0 saturated carbocycles. The number of carbonyl (C=O) groups excluding carboxylic acids is 1. The van der Waals surface area contributed by atoms with Gasteiger partial charge in [-0.2, -0.15) is 0 Å². The third kappa shape index (κ3) is 4.63. The van der Waals surface area contributed by atoms with Gasteiger partial charge in [-0.25, -0.2) is 8.42 Å². The lowest BCUT2D eigenvalue weighted by atomic mass is 10.2. The first-order chi connectivity index (χ1) is 9.81. The highest BCUT2D eigenvalue weighted by atomic mass is 35.5. The minimum atomic E-state index is -3.92. The second-order valence-corrected chi connectivity index (χ2v) is 6.42. The van der Waals surface area contributed by atoms with Gasteiger partial charge in [0.05, 0.1) is 18.7 Å². The largest absolute Gasteiger partial charge is 0.468 e. The predicted octanol–water partition coefficient (Wildman–Crippen LogP) is 0.953. The van der Waals surface area contributed by atoms with Crippen LogP contribution in [-0.4, -0.2) is 33.3 Å². The van der Waals surface area contributed by atoms with Gasteiger partial charge in [-0.1, -0.05) is 23.4 Å². The average molecular weight is 331 g/mol. The number of carbonyl (C=O) groups is 1. The van der Waals surface area contributed by atoms with Crippen molar-refractivity contribution in [3.8, 4) is 11.8 Å². The molecule has 1 aromatic rings. The molecule has 0 amide bonds. The zero-order chi connectivity index (χ0) is 16.0. The minimum Gasteiger partial charge on any atom is -0.468 e. The Bertz CT molecular complexity index is 692. The molecule has 21 heavy (non-hydrogen) atoms. The highest BCUT2D eigenvalue weighted by molar-refractivity contribution is 7.94. The fourth-order valence-corrected chi connectivity index (χ4v) is 2.52. The molecule has 1 rings (SSSR count). The number of nitrogens with two attached hydrogens (primary N) is 1. The van der Waals surface area contributed by atoms with Crippen LogP contribution >= 0.6 is 11.6 Å². The first kappa shape index (κ1) is 17.3. The van der Waals surface area contributed by atoms with Crippen molar-refractivity contribution >= 4 is 33.3 Å². The number of hydrogen-bond donors (Lipinski definition) is 2. The average Bonchev–Trinajstić information content (AvgIpc) is 2.45. The second kappa shape index (κ2) is 7.31. The van der Waals surface area contributed by atoms with Crippen LogP contribution in [0.4, 0.5) is 5.69 Å². The van der Waals surface area contributed by atoms with E-state index in [0.717, 1.165) is 7.11 Å². The van der Waals surface area contributed by atoms with Gasteiger partial charge in [0.2, 0.25) is 10.0 Å². The van der Waals surface area contributed by atoms with Crippen molar-refractivity contribution in [1.82, 2.24) is 0 Å².